The molecule has 0 unspecified atom stereocenters. The maximum absolute atomic E-state index is 12.3. The highest BCUT2D eigenvalue weighted by atomic mass is 16.5. The lowest BCUT2D eigenvalue weighted by Crippen LogP contribution is -2.12. The zero-order valence-electron chi connectivity index (χ0n) is 13.5. The number of anilines is 1. The Morgan fingerprint density at radius 3 is 2.52 bits per heavy atom. The maximum Gasteiger partial charge on any atom is 0.255 e. The Kier molecular flexibility index (Phi) is 5.80. The molecule has 23 heavy (non-hydrogen) atoms. The average Bonchev–Trinajstić information content (AvgIpc) is 2.56. The summed E-state index contributed by atoms with van der Waals surface area (Å²) >= 11 is 0. The Balaban J connectivity index is 2.03. The fourth-order valence-corrected chi connectivity index (χ4v) is 2.10. The minimum atomic E-state index is -0.157. The van der Waals surface area contributed by atoms with E-state index in [1.54, 1.807) is 24.3 Å². The van der Waals surface area contributed by atoms with Crippen LogP contribution >= 0.6 is 0 Å². The van der Waals surface area contributed by atoms with E-state index >= 15 is 0 Å². The molecule has 0 atom stereocenters. The van der Waals surface area contributed by atoms with Gasteiger partial charge in [-0.2, -0.15) is 0 Å². The number of aryl methyl sites for hydroxylation is 1. The highest BCUT2D eigenvalue weighted by Crippen LogP contribution is 2.21. The van der Waals surface area contributed by atoms with Crippen LogP contribution in [0.25, 0.3) is 0 Å². The Bertz CT molecular complexity index is 678. The molecule has 0 radical (unpaired) electrons. The minimum Gasteiger partial charge on any atom is -0.494 e. The predicted molar refractivity (Wildman–Crippen MR) is 92.4 cm³/mol. The van der Waals surface area contributed by atoms with Crippen molar-refractivity contribution in [3.8, 4) is 11.5 Å². The third-order valence-electron chi connectivity index (χ3n) is 3.22. The van der Waals surface area contributed by atoms with E-state index in [1.165, 1.54) is 0 Å². The van der Waals surface area contributed by atoms with Crippen LogP contribution in [-0.4, -0.2) is 19.1 Å². The number of carbonyl (C=O) groups excluding carboxylic acids is 1. The van der Waals surface area contributed by atoms with E-state index in [-0.39, 0.29) is 5.91 Å². The SMILES string of the molecule is C=CCOc1ccc(NC(=O)c2ccc(OCC)c(C)c2)cc1. The van der Waals surface area contributed by atoms with Crippen LogP contribution in [0.2, 0.25) is 0 Å². The van der Waals surface area contributed by atoms with Crippen LogP contribution in [0.5, 0.6) is 11.5 Å². The van der Waals surface area contributed by atoms with Crippen molar-refractivity contribution in [1.29, 1.82) is 0 Å². The molecule has 0 aromatic heterocycles. The number of benzene rings is 2. The number of rotatable bonds is 7. The fourth-order valence-electron chi connectivity index (χ4n) is 2.10. The van der Waals surface area contributed by atoms with Gasteiger partial charge in [0.2, 0.25) is 0 Å². The number of ether oxygens (including phenoxy) is 2. The van der Waals surface area contributed by atoms with Gasteiger partial charge in [0, 0.05) is 11.3 Å². The normalized spacial score (nSPS) is 10.0. The minimum absolute atomic E-state index is 0.157. The van der Waals surface area contributed by atoms with Gasteiger partial charge in [0.05, 0.1) is 6.61 Å². The first-order valence-corrected chi connectivity index (χ1v) is 7.52. The van der Waals surface area contributed by atoms with Gasteiger partial charge in [-0.25, -0.2) is 0 Å². The van der Waals surface area contributed by atoms with Gasteiger partial charge in [0.25, 0.3) is 5.91 Å². The van der Waals surface area contributed by atoms with E-state index in [9.17, 15) is 4.79 Å². The zero-order valence-corrected chi connectivity index (χ0v) is 13.5. The van der Waals surface area contributed by atoms with Crippen molar-refractivity contribution >= 4 is 11.6 Å². The van der Waals surface area contributed by atoms with Crippen LogP contribution in [0.1, 0.15) is 22.8 Å². The van der Waals surface area contributed by atoms with Crippen molar-refractivity contribution in [1.82, 2.24) is 0 Å². The van der Waals surface area contributed by atoms with Gasteiger partial charge in [-0.05, 0) is 61.9 Å². The molecule has 120 valence electrons. The van der Waals surface area contributed by atoms with Crippen LogP contribution < -0.4 is 14.8 Å². The molecule has 0 spiro atoms. The molecule has 0 aliphatic heterocycles. The lowest BCUT2D eigenvalue weighted by atomic mass is 10.1. The van der Waals surface area contributed by atoms with Gasteiger partial charge < -0.3 is 14.8 Å². The highest BCUT2D eigenvalue weighted by molar-refractivity contribution is 6.04. The molecule has 0 saturated heterocycles. The van der Waals surface area contributed by atoms with E-state index in [0.29, 0.717) is 24.5 Å². The van der Waals surface area contributed by atoms with Crippen molar-refractivity contribution in [2.24, 2.45) is 0 Å². The van der Waals surface area contributed by atoms with Gasteiger partial charge in [0.15, 0.2) is 0 Å². The van der Waals surface area contributed by atoms with Crippen molar-refractivity contribution < 1.29 is 14.3 Å². The molecule has 0 aliphatic rings. The Morgan fingerprint density at radius 2 is 1.91 bits per heavy atom. The Morgan fingerprint density at radius 1 is 1.17 bits per heavy atom. The number of hydrogen-bond acceptors (Lipinski definition) is 3. The molecular formula is C19H21NO3. The summed E-state index contributed by atoms with van der Waals surface area (Å²) in [5.41, 5.74) is 2.25. The Labute approximate surface area is 136 Å². The summed E-state index contributed by atoms with van der Waals surface area (Å²) in [7, 11) is 0. The van der Waals surface area contributed by atoms with Gasteiger partial charge in [-0.3, -0.25) is 4.79 Å². The van der Waals surface area contributed by atoms with Crippen molar-refractivity contribution in [2.45, 2.75) is 13.8 Å². The van der Waals surface area contributed by atoms with Crippen LogP contribution in [0.3, 0.4) is 0 Å². The topological polar surface area (TPSA) is 47.6 Å². The van der Waals surface area contributed by atoms with Crippen LogP contribution in [-0.2, 0) is 0 Å². The number of amides is 1. The van der Waals surface area contributed by atoms with Crippen LogP contribution in [0, 0.1) is 6.92 Å². The van der Waals surface area contributed by atoms with E-state index < -0.39 is 0 Å². The Hall–Kier alpha value is -2.75. The largest absolute Gasteiger partial charge is 0.494 e. The molecular weight excluding hydrogens is 290 g/mol. The quantitative estimate of drug-likeness (QED) is 0.779. The second-order valence-corrected chi connectivity index (χ2v) is 4.99. The summed E-state index contributed by atoms with van der Waals surface area (Å²) in [5, 5.41) is 2.86. The molecule has 1 N–H and O–H groups in total. The first kappa shape index (κ1) is 16.6. The maximum atomic E-state index is 12.3. The first-order valence-electron chi connectivity index (χ1n) is 7.52. The molecule has 0 heterocycles. The lowest BCUT2D eigenvalue weighted by Gasteiger charge is -2.10. The molecule has 2 rings (SSSR count). The number of nitrogens with one attached hydrogen (secondary N) is 1. The highest BCUT2D eigenvalue weighted by Gasteiger charge is 2.09. The van der Waals surface area contributed by atoms with E-state index in [4.69, 9.17) is 9.47 Å². The summed E-state index contributed by atoms with van der Waals surface area (Å²) in [4.78, 5) is 12.3. The second-order valence-electron chi connectivity index (χ2n) is 4.99. The van der Waals surface area contributed by atoms with Crippen molar-refractivity contribution in [2.75, 3.05) is 18.5 Å². The fraction of sp³-hybridized carbons (Fsp3) is 0.211. The molecule has 2 aromatic rings. The summed E-state index contributed by atoms with van der Waals surface area (Å²) in [5.74, 6) is 1.38. The van der Waals surface area contributed by atoms with Crippen LogP contribution in [0.15, 0.2) is 55.1 Å². The predicted octanol–water partition coefficient (Wildman–Crippen LogP) is 4.21. The van der Waals surface area contributed by atoms with Gasteiger partial charge in [-0.15, -0.1) is 0 Å². The first-order chi connectivity index (χ1) is 11.1. The second kappa shape index (κ2) is 8.03. The van der Waals surface area contributed by atoms with Gasteiger partial charge in [-0.1, -0.05) is 12.7 Å². The van der Waals surface area contributed by atoms with E-state index in [0.717, 1.165) is 17.1 Å². The van der Waals surface area contributed by atoms with Crippen molar-refractivity contribution in [3.05, 3.63) is 66.2 Å². The number of hydrogen-bond donors (Lipinski definition) is 1. The van der Waals surface area contributed by atoms with Crippen molar-refractivity contribution in [3.63, 3.8) is 0 Å². The summed E-state index contributed by atoms with van der Waals surface area (Å²) in [6.45, 7) is 8.52. The molecule has 1 amide bonds. The third-order valence-corrected chi connectivity index (χ3v) is 3.22. The van der Waals surface area contributed by atoms with E-state index in [2.05, 4.69) is 11.9 Å². The molecule has 0 bridgehead atoms. The van der Waals surface area contributed by atoms with Gasteiger partial charge in [0.1, 0.15) is 18.1 Å². The monoisotopic (exact) mass is 311 g/mol. The van der Waals surface area contributed by atoms with Crippen LogP contribution in [0.4, 0.5) is 5.69 Å². The van der Waals surface area contributed by atoms with E-state index in [1.807, 2.05) is 38.1 Å². The number of carbonyl (C=O) groups is 1. The summed E-state index contributed by atoms with van der Waals surface area (Å²) in [6, 6.07) is 12.6. The molecule has 4 nitrogen and oxygen atoms in total. The molecule has 2 aromatic carbocycles. The third kappa shape index (κ3) is 4.61. The summed E-state index contributed by atoms with van der Waals surface area (Å²) in [6.07, 6.45) is 1.68. The average molecular weight is 311 g/mol. The van der Waals surface area contributed by atoms with Gasteiger partial charge >= 0.3 is 0 Å². The molecule has 0 aliphatic carbocycles. The molecule has 0 saturated carbocycles. The standard InChI is InChI=1S/C19H21NO3/c1-4-12-23-17-9-7-16(8-10-17)20-19(21)15-6-11-18(22-5-2)14(3)13-15/h4,6-11,13H,1,5,12H2,2-3H3,(H,20,21). The smallest absolute Gasteiger partial charge is 0.255 e. The molecule has 4 heteroatoms. The molecule has 0 fully saturated rings. The zero-order chi connectivity index (χ0) is 16.7. The lowest BCUT2D eigenvalue weighted by molar-refractivity contribution is 0.102. The summed E-state index contributed by atoms with van der Waals surface area (Å²) < 4.78 is 10.9.